The molecule has 0 atom stereocenters. The van der Waals surface area contributed by atoms with Gasteiger partial charge in [-0.25, -0.2) is 9.67 Å². The first-order valence-corrected chi connectivity index (χ1v) is 9.04. The largest absolute Gasteiger partial charge is 0.312 e. The lowest BCUT2D eigenvalue weighted by Gasteiger charge is -2.18. The highest BCUT2D eigenvalue weighted by Crippen LogP contribution is 2.54. The van der Waals surface area contributed by atoms with E-state index in [4.69, 9.17) is 5.10 Å². The van der Waals surface area contributed by atoms with Gasteiger partial charge in [-0.3, -0.25) is 0 Å². The molecule has 1 aromatic carbocycles. The van der Waals surface area contributed by atoms with Crippen LogP contribution >= 0.6 is 11.3 Å². The molecule has 2 aliphatic rings. The Bertz CT molecular complexity index is 832. The second kappa shape index (κ2) is 5.01. The van der Waals surface area contributed by atoms with Crippen LogP contribution in [0.3, 0.4) is 0 Å². The minimum atomic E-state index is 0.118. The normalized spacial score (nSPS) is 18.6. The predicted octanol–water partition coefficient (Wildman–Crippen LogP) is 3.05. The first-order valence-electron chi connectivity index (χ1n) is 8.16. The Kier molecular flexibility index (Phi) is 2.93. The van der Waals surface area contributed by atoms with Crippen molar-refractivity contribution in [2.45, 2.75) is 31.2 Å². The zero-order chi connectivity index (χ0) is 15.3. The Morgan fingerprint density at radius 3 is 2.78 bits per heavy atom. The summed E-state index contributed by atoms with van der Waals surface area (Å²) in [5.41, 5.74) is 5.52. The van der Waals surface area contributed by atoms with Crippen LogP contribution in [0.2, 0.25) is 0 Å². The van der Waals surface area contributed by atoms with Gasteiger partial charge in [-0.1, -0.05) is 30.3 Å². The monoisotopic (exact) mass is 322 g/mol. The number of nitrogens with one attached hydrogen (secondary N) is 1. The van der Waals surface area contributed by atoms with Gasteiger partial charge in [-0.2, -0.15) is 5.10 Å². The molecule has 2 aromatic heterocycles. The fourth-order valence-electron chi connectivity index (χ4n) is 3.76. The second-order valence-corrected chi connectivity index (χ2v) is 7.25. The van der Waals surface area contributed by atoms with Crippen LogP contribution in [0.25, 0.3) is 5.13 Å². The van der Waals surface area contributed by atoms with E-state index in [0.29, 0.717) is 0 Å². The molecule has 23 heavy (non-hydrogen) atoms. The minimum absolute atomic E-state index is 0.118. The molecular formula is C18H18N4S. The number of aromatic nitrogens is 3. The summed E-state index contributed by atoms with van der Waals surface area (Å²) in [5.74, 6) is 0. The quantitative estimate of drug-likeness (QED) is 0.806. The molecule has 4 nitrogen and oxygen atoms in total. The smallest absolute Gasteiger partial charge is 0.210 e. The fraction of sp³-hybridized carbons (Fsp3) is 0.333. The van der Waals surface area contributed by atoms with E-state index in [9.17, 15) is 0 Å². The van der Waals surface area contributed by atoms with Crippen LogP contribution in [0.1, 0.15) is 35.4 Å². The van der Waals surface area contributed by atoms with Gasteiger partial charge >= 0.3 is 0 Å². The molecule has 0 unspecified atom stereocenters. The third-order valence-corrected chi connectivity index (χ3v) is 5.81. The van der Waals surface area contributed by atoms with Gasteiger partial charge in [0.05, 0.1) is 11.4 Å². The average molecular weight is 322 g/mol. The van der Waals surface area contributed by atoms with E-state index in [1.165, 1.54) is 35.4 Å². The van der Waals surface area contributed by atoms with Crippen LogP contribution in [-0.4, -0.2) is 21.3 Å². The van der Waals surface area contributed by atoms with E-state index in [1.54, 1.807) is 11.3 Å². The lowest BCUT2D eigenvalue weighted by molar-refractivity contribution is 0.619. The van der Waals surface area contributed by atoms with Crippen molar-refractivity contribution in [3.8, 4) is 5.13 Å². The van der Waals surface area contributed by atoms with E-state index in [1.807, 2.05) is 11.6 Å². The van der Waals surface area contributed by atoms with Crippen LogP contribution < -0.4 is 5.32 Å². The van der Waals surface area contributed by atoms with Gasteiger partial charge in [0, 0.05) is 42.1 Å². The van der Waals surface area contributed by atoms with E-state index in [-0.39, 0.29) is 5.41 Å². The van der Waals surface area contributed by atoms with Crippen LogP contribution in [0.4, 0.5) is 0 Å². The summed E-state index contributed by atoms with van der Waals surface area (Å²) < 4.78 is 2.10. The highest BCUT2D eigenvalue weighted by molar-refractivity contribution is 7.12. The van der Waals surface area contributed by atoms with Crippen molar-refractivity contribution < 1.29 is 0 Å². The molecule has 116 valence electrons. The lowest BCUT2D eigenvalue weighted by atomic mass is 9.88. The Balaban J connectivity index is 1.70. The van der Waals surface area contributed by atoms with Crippen molar-refractivity contribution >= 4 is 11.3 Å². The van der Waals surface area contributed by atoms with Crippen molar-refractivity contribution in [3.63, 3.8) is 0 Å². The standard InChI is InChI=1S/C18H18N4S/c1-2-4-13(5-3-1)18(7-8-18)16-14-12-19-9-6-15(14)22(21-16)17-20-10-11-23-17/h1-5,10-11,19H,6-9,12H2. The third-order valence-electron chi connectivity index (χ3n) is 5.06. The maximum atomic E-state index is 5.07. The maximum absolute atomic E-state index is 5.07. The molecule has 0 bridgehead atoms. The first kappa shape index (κ1) is 13.5. The number of hydrogen-bond donors (Lipinski definition) is 1. The van der Waals surface area contributed by atoms with E-state index in [2.05, 4.69) is 45.3 Å². The van der Waals surface area contributed by atoms with Crippen molar-refractivity contribution in [3.05, 3.63) is 64.4 Å². The van der Waals surface area contributed by atoms with Gasteiger partial charge in [0.25, 0.3) is 0 Å². The number of benzene rings is 1. The predicted molar refractivity (Wildman–Crippen MR) is 91.1 cm³/mol. The Morgan fingerprint density at radius 2 is 2.04 bits per heavy atom. The SMILES string of the molecule is c1ccc(C2(c3nn(-c4nccs4)c4c3CNCC4)CC2)cc1. The van der Waals surface area contributed by atoms with Gasteiger partial charge in [0.1, 0.15) is 0 Å². The summed E-state index contributed by atoms with van der Waals surface area (Å²) in [6.45, 7) is 1.94. The Hall–Kier alpha value is -1.98. The average Bonchev–Trinajstić information content (AvgIpc) is 3.07. The topological polar surface area (TPSA) is 42.7 Å². The summed E-state index contributed by atoms with van der Waals surface area (Å²) >= 11 is 1.66. The van der Waals surface area contributed by atoms with Gasteiger partial charge < -0.3 is 5.32 Å². The molecule has 5 heteroatoms. The van der Waals surface area contributed by atoms with Crippen molar-refractivity contribution in [2.24, 2.45) is 0 Å². The molecule has 1 fully saturated rings. The highest BCUT2D eigenvalue weighted by atomic mass is 32.1. The molecular weight excluding hydrogens is 304 g/mol. The number of nitrogens with zero attached hydrogens (tertiary/aromatic N) is 3. The number of hydrogen-bond acceptors (Lipinski definition) is 4. The molecule has 0 saturated heterocycles. The number of thiazole rings is 1. The molecule has 1 aliphatic carbocycles. The van der Waals surface area contributed by atoms with Crippen LogP contribution in [0.5, 0.6) is 0 Å². The second-order valence-electron chi connectivity index (χ2n) is 6.38. The van der Waals surface area contributed by atoms with Crippen LogP contribution in [0.15, 0.2) is 41.9 Å². The molecule has 3 heterocycles. The fourth-order valence-corrected chi connectivity index (χ4v) is 4.37. The van der Waals surface area contributed by atoms with Crippen LogP contribution in [0, 0.1) is 0 Å². The van der Waals surface area contributed by atoms with E-state index >= 15 is 0 Å². The van der Waals surface area contributed by atoms with Crippen LogP contribution in [-0.2, 0) is 18.4 Å². The summed E-state index contributed by atoms with van der Waals surface area (Å²) in [6.07, 6.45) is 5.27. The number of rotatable bonds is 3. The lowest BCUT2D eigenvalue weighted by Crippen LogP contribution is -2.26. The number of fused-ring (bicyclic) bond motifs is 1. The summed E-state index contributed by atoms with van der Waals surface area (Å²) in [6, 6.07) is 10.9. The molecule has 1 aliphatic heterocycles. The maximum Gasteiger partial charge on any atom is 0.210 e. The summed E-state index contributed by atoms with van der Waals surface area (Å²) in [5, 5.41) is 11.6. The van der Waals surface area contributed by atoms with Gasteiger partial charge in [-0.05, 0) is 18.4 Å². The molecule has 0 amide bonds. The minimum Gasteiger partial charge on any atom is -0.312 e. The molecule has 3 aromatic rings. The highest BCUT2D eigenvalue weighted by Gasteiger charge is 2.50. The van der Waals surface area contributed by atoms with E-state index in [0.717, 1.165) is 24.6 Å². The first-order chi connectivity index (χ1) is 11.4. The Labute approximate surface area is 139 Å². The molecule has 1 saturated carbocycles. The summed E-state index contributed by atoms with van der Waals surface area (Å²) in [4.78, 5) is 4.48. The van der Waals surface area contributed by atoms with Gasteiger partial charge in [-0.15, -0.1) is 11.3 Å². The van der Waals surface area contributed by atoms with Crippen molar-refractivity contribution in [1.82, 2.24) is 20.1 Å². The molecule has 0 radical (unpaired) electrons. The zero-order valence-corrected chi connectivity index (χ0v) is 13.6. The van der Waals surface area contributed by atoms with Crippen molar-refractivity contribution in [1.29, 1.82) is 0 Å². The van der Waals surface area contributed by atoms with Crippen molar-refractivity contribution in [2.75, 3.05) is 6.54 Å². The Morgan fingerprint density at radius 1 is 1.17 bits per heavy atom. The zero-order valence-electron chi connectivity index (χ0n) is 12.8. The molecule has 1 N–H and O–H groups in total. The molecule has 5 rings (SSSR count). The summed E-state index contributed by atoms with van der Waals surface area (Å²) in [7, 11) is 0. The van der Waals surface area contributed by atoms with E-state index < -0.39 is 0 Å². The van der Waals surface area contributed by atoms with Gasteiger partial charge in [0.15, 0.2) is 0 Å². The molecule has 0 spiro atoms. The third kappa shape index (κ3) is 2.00. The van der Waals surface area contributed by atoms with Gasteiger partial charge in [0.2, 0.25) is 5.13 Å².